The van der Waals surface area contributed by atoms with Crippen LogP contribution in [0.2, 0.25) is 0 Å². The molecular formula is C16H25FN2O. The van der Waals surface area contributed by atoms with Gasteiger partial charge < -0.3 is 10.5 Å². The highest BCUT2D eigenvalue weighted by molar-refractivity contribution is 5.21. The molecular weight excluding hydrogens is 255 g/mol. The lowest BCUT2D eigenvalue weighted by molar-refractivity contribution is -0.187. The van der Waals surface area contributed by atoms with Gasteiger partial charge in [0.2, 0.25) is 0 Å². The standard InChI is InChI=1S/C16H25FN2O/c1-15(2)10-19(11-16(3,4)20-15)14(9-18)12-5-7-13(17)8-6-12/h5-8,14H,9-11,18H2,1-4H3. The average Bonchev–Trinajstić information content (AvgIpc) is 2.28. The van der Waals surface area contributed by atoms with Gasteiger partial charge in [-0.1, -0.05) is 12.1 Å². The van der Waals surface area contributed by atoms with Crippen LogP contribution in [0.25, 0.3) is 0 Å². The summed E-state index contributed by atoms with van der Waals surface area (Å²) in [5, 5.41) is 0. The minimum atomic E-state index is -0.216. The molecule has 1 saturated heterocycles. The summed E-state index contributed by atoms with van der Waals surface area (Å²) >= 11 is 0. The number of hydrogen-bond acceptors (Lipinski definition) is 3. The number of hydrogen-bond donors (Lipinski definition) is 1. The molecule has 2 rings (SSSR count). The molecule has 3 nitrogen and oxygen atoms in total. The van der Waals surface area contributed by atoms with Gasteiger partial charge in [0.25, 0.3) is 0 Å². The summed E-state index contributed by atoms with van der Waals surface area (Å²) in [4.78, 5) is 2.34. The Hall–Kier alpha value is -0.970. The monoisotopic (exact) mass is 280 g/mol. The van der Waals surface area contributed by atoms with Crippen molar-refractivity contribution in [3.63, 3.8) is 0 Å². The van der Waals surface area contributed by atoms with Crippen molar-refractivity contribution < 1.29 is 9.13 Å². The Morgan fingerprint density at radius 2 is 1.65 bits per heavy atom. The second kappa shape index (κ2) is 5.43. The Bertz CT molecular complexity index is 440. The van der Waals surface area contributed by atoms with E-state index in [2.05, 4.69) is 32.6 Å². The molecule has 112 valence electrons. The SMILES string of the molecule is CC1(C)CN(C(CN)c2ccc(F)cc2)CC(C)(C)O1. The summed E-state index contributed by atoms with van der Waals surface area (Å²) in [7, 11) is 0. The van der Waals surface area contributed by atoms with Crippen LogP contribution in [-0.2, 0) is 4.74 Å². The first-order chi connectivity index (χ1) is 9.22. The number of nitrogens with zero attached hydrogens (tertiary/aromatic N) is 1. The van der Waals surface area contributed by atoms with Gasteiger partial charge in [0.15, 0.2) is 0 Å². The Morgan fingerprint density at radius 3 is 2.10 bits per heavy atom. The van der Waals surface area contributed by atoms with Crippen molar-refractivity contribution in [2.45, 2.75) is 44.9 Å². The number of benzene rings is 1. The van der Waals surface area contributed by atoms with Gasteiger partial charge in [-0.15, -0.1) is 0 Å². The smallest absolute Gasteiger partial charge is 0.123 e. The van der Waals surface area contributed by atoms with Crippen molar-refractivity contribution in [3.05, 3.63) is 35.6 Å². The van der Waals surface area contributed by atoms with Crippen LogP contribution in [-0.4, -0.2) is 35.7 Å². The lowest BCUT2D eigenvalue weighted by Gasteiger charge is -2.49. The second-order valence-electron chi connectivity index (χ2n) is 6.83. The molecule has 1 aliphatic rings. The fourth-order valence-electron chi connectivity index (χ4n) is 3.25. The summed E-state index contributed by atoms with van der Waals surface area (Å²) in [6.07, 6.45) is 0. The number of halogens is 1. The summed E-state index contributed by atoms with van der Waals surface area (Å²) in [5.41, 5.74) is 6.61. The minimum Gasteiger partial charge on any atom is -0.367 e. The Kier molecular flexibility index (Phi) is 4.19. The molecule has 2 N–H and O–H groups in total. The Labute approximate surface area is 120 Å². The summed E-state index contributed by atoms with van der Waals surface area (Å²) < 4.78 is 19.2. The van der Waals surface area contributed by atoms with E-state index >= 15 is 0 Å². The fourth-order valence-corrected chi connectivity index (χ4v) is 3.25. The molecule has 1 heterocycles. The molecule has 1 atom stereocenters. The summed E-state index contributed by atoms with van der Waals surface area (Å²) in [6, 6.07) is 6.73. The molecule has 0 bridgehead atoms. The van der Waals surface area contributed by atoms with Crippen LogP contribution in [0.3, 0.4) is 0 Å². The number of nitrogens with two attached hydrogens (primary N) is 1. The molecule has 0 aliphatic carbocycles. The van der Waals surface area contributed by atoms with E-state index in [1.807, 2.05) is 12.1 Å². The molecule has 0 saturated carbocycles. The van der Waals surface area contributed by atoms with Crippen molar-refractivity contribution >= 4 is 0 Å². The molecule has 4 heteroatoms. The van der Waals surface area contributed by atoms with Gasteiger partial charge in [0, 0.05) is 25.7 Å². The maximum atomic E-state index is 13.1. The van der Waals surface area contributed by atoms with Crippen molar-refractivity contribution in [1.82, 2.24) is 4.90 Å². The van der Waals surface area contributed by atoms with E-state index in [-0.39, 0.29) is 23.1 Å². The molecule has 1 aromatic carbocycles. The zero-order valence-electron chi connectivity index (χ0n) is 12.8. The lowest BCUT2D eigenvalue weighted by Crippen LogP contribution is -2.58. The van der Waals surface area contributed by atoms with Gasteiger partial charge in [-0.25, -0.2) is 4.39 Å². The van der Waals surface area contributed by atoms with Gasteiger partial charge in [0.05, 0.1) is 11.2 Å². The van der Waals surface area contributed by atoms with Gasteiger partial charge >= 0.3 is 0 Å². The molecule has 1 aliphatic heterocycles. The number of ether oxygens (including phenoxy) is 1. The van der Waals surface area contributed by atoms with E-state index in [0.29, 0.717) is 6.54 Å². The first kappa shape index (κ1) is 15.4. The van der Waals surface area contributed by atoms with Crippen LogP contribution in [0, 0.1) is 5.82 Å². The third-order valence-corrected chi connectivity index (χ3v) is 3.64. The fraction of sp³-hybridized carbons (Fsp3) is 0.625. The number of rotatable bonds is 3. The molecule has 20 heavy (non-hydrogen) atoms. The number of morpholine rings is 1. The van der Waals surface area contributed by atoms with Gasteiger partial charge in [-0.05, 0) is 45.4 Å². The minimum absolute atomic E-state index is 0.0954. The van der Waals surface area contributed by atoms with E-state index in [0.717, 1.165) is 18.7 Å². The predicted molar refractivity (Wildman–Crippen MR) is 79.0 cm³/mol. The van der Waals surface area contributed by atoms with Crippen LogP contribution in [0.1, 0.15) is 39.3 Å². The Morgan fingerprint density at radius 1 is 1.15 bits per heavy atom. The van der Waals surface area contributed by atoms with Crippen LogP contribution in [0.4, 0.5) is 4.39 Å². The first-order valence-corrected chi connectivity index (χ1v) is 7.12. The largest absolute Gasteiger partial charge is 0.367 e. The molecule has 0 radical (unpaired) electrons. The average molecular weight is 280 g/mol. The predicted octanol–water partition coefficient (Wildman–Crippen LogP) is 2.71. The van der Waals surface area contributed by atoms with Gasteiger partial charge in [-0.2, -0.15) is 0 Å². The van der Waals surface area contributed by atoms with E-state index < -0.39 is 0 Å². The van der Waals surface area contributed by atoms with E-state index in [4.69, 9.17) is 10.5 Å². The normalized spacial score (nSPS) is 23.5. The zero-order chi connectivity index (χ0) is 15.0. The lowest BCUT2D eigenvalue weighted by atomic mass is 9.95. The van der Waals surface area contributed by atoms with Crippen LogP contribution >= 0.6 is 0 Å². The first-order valence-electron chi connectivity index (χ1n) is 7.12. The summed E-state index contributed by atoms with van der Waals surface area (Å²) in [5.74, 6) is -0.216. The van der Waals surface area contributed by atoms with Crippen LogP contribution in [0.5, 0.6) is 0 Å². The second-order valence-corrected chi connectivity index (χ2v) is 6.83. The van der Waals surface area contributed by atoms with Crippen molar-refractivity contribution in [1.29, 1.82) is 0 Å². The van der Waals surface area contributed by atoms with Gasteiger partial charge in [0.1, 0.15) is 5.82 Å². The topological polar surface area (TPSA) is 38.5 Å². The van der Waals surface area contributed by atoms with Gasteiger partial charge in [-0.3, -0.25) is 4.90 Å². The molecule has 1 unspecified atom stereocenters. The van der Waals surface area contributed by atoms with E-state index in [1.165, 1.54) is 12.1 Å². The van der Waals surface area contributed by atoms with Crippen molar-refractivity contribution in [3.8, 4) is 0 Å². The van der Waals surface area contributed by atoms with Crippen LogP contribution in [0.15, 0.2) is 24.3 Å². The molecule has 1 aromatic rings. The van der Waals surface area contributed by atoms with Crippen molar-refractivity contribution in [2.75, 3.05) is 19.6 Å². The third-order valence-electron chi connectivity index (χ3n) is 3.64. The molecule has 1 fully saturated rings. The van der Waals surface area contributed by atoms with Crippen LogP contribution < -0.4 is 5.73 Å². The quantitative estimate of drug-likeness (QED) is 0.925. The van der Waals surface area contributed by atoms with E-state index in [9.17, 15) is 4.39 Å². The molecule has 0 spiro atoms. The Balaban J connectivity index is 2.24. The third kappa shape index (κ3) is 3.57. The maximum Gasteiger partial charge on any atom is 0.123 e. The zero-order valence-corrected chi connectivity index (χ0v) is 12.8. The highest BCUT2D eigenvalue weighted by Gasteiger charge is 2.40. The maximum absolute atomic E-state index is 13.1. The molecule has 0 aromatic heterocycles. The highest BCUT2D eigenvalue weighted by Crippen LogP contribution is 2.33. The highest BCUT2D eigenvalue weighted by atomic mass is 19.1. The van der Waals surface area contributed by atoms with E-state index in [1.54, 1.807) is 0 Å². The molecule has 0 amide bonds. The summed E-state index contributed by atoms with van der Waals surface area (Å²) in [6.45, 7) is 10.5. The van der Waals surface area contributed by atoms with Crippen molar-refractivity contribution in [2.24, 2.45) is 5.73 Å².